The number of hydrogen-bond acceptors (Lipinski definition) is 7. The molecule has 0 atom stereocenters. The van der Waals surface area contributed by atoms with Crippen molar-refractivity contribution in [3.63, 3.8) is 0 Å². The molecule has 1 fully saturated rings. The SMILES string of the molecule is Nc1nc(N2CCN(C(=O)COc3ccc(Cl)cc3)C2)c2nc(-c3ccc(F)cc3F)ccc2n1. The quantitative estimate of drug-likeness (QED) is 0.447. The van der Waals surface area contributed by atoms with Gasteiger partial charge in [-0.1, -0.05) is 11.6 Å². The molecule has 2 N–H and O–H groups in total. The Bertz CT molecular complexity index is 1420. The number of benzene rings is 2. The first-order valence-electron chi connectivity index (χ1n) is 10.7. The molecular formula is C24H19ClF2N6O2. The summed E-state index contributed by atoms with van der Waals surface area (Å²) in [6, 6.07) is 13.3. The fraction of sp³-hybridized carbons (Fsp3) is 0.167. The van der Waals surface area contributed by atoms with Gasteiger partial charge >= 0.3 is 0 Å². The second kappa shape index (κ2) is 9.30. The number of aromatic nitrogens is 3. The van der Waals surface area contributed by atoms with Crippen LogP contribution in [0.5, 0.6) is 5.75 Å². The number of ether oxygens (including phenoxy) is 1. The van der Waals surface area contributed by atoms with E-state index < -0.39 is 11.6 Å². The summed E-state index contributed by atoms with van der Waals surface area (Å²) in [5.74, 6) is -0.593. The standard InChI is InChI=1S/C24H19ClF2N6O2/c25-14-1-4-16(5-2-14)35-12-21(34)32-9-10-33(13-32)23-22-20(30-24(28)31-23)8-7-19(29-22)17-6-3-15(26)11-18(17)27/h1-8,11H,9-10,12-13H2,(H2,28,30,31). The number of anilines is 2. The zero-order chi connectivity index (χ0) is 24.5. The van der Waals surface area contributed by atoms with Gasteiger partial charge in [0.25, 0.3) is 5.91 Å². The molecule has 35 heavy (non-hydrogen) atoms. The lowest BCUT2D eigenvalue weighted by molar-refractivity contribution is -0.132. The fourth-order valence-electron chi connectivity index (χ4n) is 3.82. The second-order valence-corrected chi connectivity index (χ2v) is 8.33. The maximum absolute atomic E-state index is 14.4. The Kier molecular flexibility index (Phi) is 6.04. The highest BCUT2D eigenvalue weighted by atomic mass is 35.5. The highest BCUT2D eigenvalue weighted by molar-refractivity contribution is 6.30. The van der Waals surface area contributed by atoms with Crippen molar-refractivity contribution in [3.8, 4) is 17.0 Å². The number of halogens is 3. The van der Waals surface area contributed by atoms with Crippen LogP contribution >= 0.6 is 11.6 Å². The van der Waals surface area contributed by atoms with Crippen molar-refractivity contribution in [3.05, 3.63) is 71.3 Å². The molecule has 1 saturated heterocycles. The summed E-state index contributed by atoms with van der Waals surface area (Å²) in [5.41, 5.74) is 7.22. The molecule has 11 heteroatoms. The van der Waals surface area contributed by atoms with Gasteiger partial charge in [0.05, 0.1) is 17.9 Å². The fourth-order valence-corrected chi connectivity index (χ4v) is 3.94. The number of nitrogens with zero attached hydrogens (tertiary/aromatic N) is 5. The van der Waals surface area contributed by atoms with Gasteiger partial charge in [-0.3, -0.25) is 4.79 Å². The lowest BCUT2D eigenvalue weighted by Crippen LogP contribution is -2.35. The normalized spacial score (nSPS) is 13.5. The van der Waals surface area contributed by atoms with E-state index >= 15 is 0 Å². The van der Waals surface area contributed by atoms with Crippen LogP contribution in [0.1, 0.15) is 0 Å². The molecule has 3 heterocycles. The van der Waals surface area contributed by atoms with Gasteiger partial charge in [-0.25, -0.2) is 18.7 Å². The molecule has 0 saturated carbocycles. The molecule has 2 aromatic carbocycles. The van der Waals surface area contributed by atoms with Crippen LogP contribution in [0.15, 0.2) is 54.6 Å². The lowest BCUT2D eigenvalue weighted by Gasteiger charge is -2.20. The first kappa shape index (κ1) is 22.7. The third-order valence-electron chi connectivity index (χ3n) is 5.56. The molecule has 2 aromatic heterocycles. The second-order valence-electron chi connectivity index (χ2n) is 7.90. The van der Waals surface area contributed by atoms with E-state index in [1.807, 2.05) is 4.90 Å². The van der Waals surface area contributed by atoms with Gasteiger partial charge in [0.15, 0.2) is 12.4 Å². The number of fused-ring (bicyclic) bond motifs is 1. The highest BCUT2D eigenvalue weighted by Gasteiger charge is 2.28. The van der Waals surface area contributed by atoms with E-state index in [4.69, 9.17) is 22.1 Å². The number of pyridine rings is 1. The smallest absolute Gasteiger partial charge is 0.261 e. The van der Waals surface area contributed by atoms with Crippen LogP contribution < -0.4 is 15.4 Å². The predicted molar refractivity (Wildman–Crippen MR) is 128 cm³/mol. The average molecular weight is 497 g/mol. The van der Waals surface area contributed by atoms with Crippen LogP contribution in [0.3, 0.4) is 0 Å². The largest absolute Gasteiger partial charge is 0.484 e. The van der Waals surface area contributed by atoms with Crippen molar-refractivity contribution >= 4 is 40.3 Å². The Hall–Kier alpha value is -4.05. The van der Waals surface area contributed by atoms with Crippen molar-refractivity contribution in [1.29, 1.82) is 0 Å². The molecule has 0 unspecified atom stereocenters. The predicted octanol–water partition coefficient (Wildman–Crippen LogP) is 3.89. The third kappa shape index (κ3) is 4.78. The summed E-state index contributed by atoms with van der Waals surface area (Å²) in [7, 11) is 0. The maximum atomic E-state index is 14.4. The van der Waals surface area contributed by atoms with E-state index in [1.54, 1.807) is 41.3 Å². The first-order chi connectivity index (χ1) is 16.9. The van der Waals surface area contributed by atoms with Gasteiger partial charge < -0.3 is 20.3 Å². The van der Waals surface area contributed by atoms with Crippen molar-refractivity contribution in [2.75, 3.05) is 37.0 Å². The third-order valence-corrected chi connectivity index (χ3v) is 5.81. The van der Waals surface area contributed by atoms with Crippen LogP contribution in [0.2, 0.25) is 5.02 Å². The zero-order valence-electron chi connectivity index (χ0n) is 18.3. The molecule has 0 aliphatic carbocycles. The first-order valence-corrected chi connectivity index (χ1v) is 11.1. The van der Waals surface area contributed by atoms with Gasteiger partial charge in [-0.2, -0.15) is 4.98 Å². The molecule has 4 aromatic rings. The Morgan fingerprint density at radius 3 is 2.60 bits per heavy atom. The lowest BCUT2D eigenvalue weighted by atomic mass is 10.1. The number of hydrogen-bond donors (Lipinski definition) is 1. The van der Waals surface area contributed by atoms with E-state index in [9.17, 15) is 13.6 Å². The number of nitrogen functional groups attached to an aromatic ring is 1. The number of carbonyl (C=O) groups excluding carboxylic acids is 1. The van der Waals surface area contributed by atoms with Gasteiger partial charge in [0.2, 0.25) is 5.95 Å². The molecule has 1 aliphatic heterocycles. The molecule has 1 amide bonds. The maximum Gasteiger partial charge on any atom is 0.261 e. The van der Waals surface area contributed by atoms with E-state index in [0.29, 0.717) is 46.4 Å². The number of rotatable bonds is 5. The highest BCUT2D eigenvalue weighted by Crippen LogP contribution is 2.29. The van der Waals surface area contributed by atoms with Crippen LogP contribution in [-0.4, -0.2) is 52.1 Å². The van der Waals surface area contributed by atoms with Crippen molar-refractivity contribution in [1.82, 2.24) is 19.9 Å². The molecule has 1 aliphatic rings. The van der Waals surface area contributed by atoms with E-state index in [2.05, 4.69) is 15.0 Å². The molecule has 178 valence electrons. The summed E-state index contributed by atoms with van der Waals surface area (Å²) in [6.07, 6.45) is 0. The summed E-state index contributed by atoms with van der Waals surface area (Å²) in [5, 5.41) is 0.578. The summed E-state index contributed by atoms with van der Waals surface area (Å²) in [4.78, 5) is 29.3. The molecular weight excluding hydrogens is 478 g/mol. The van der Waals surface area contributed by atoms with Crippen molar-refractivity contribution < 1.29 is 18.3 Å². The molecule has 0 radical (unpaired) electrons. The van der Waals surface area contributed by atoms with E-state index in [0.717, 1.165) is 6.07 Å². The Balaban J connectivity index is 1.38. The van der Waals surface area contributed by atoms with E-state index in [-0.39, 0.29) is 30.7 Å². The minimum Gasteiger partial charge on any atom is -0.484 e. The van der Waals surface area contributed by atoms with E-state index in [1.165, 1.54) is 12.1 Å². The molecule has 8 nitrogen and oxygen atoms in total. The summed E-state index contributed by atoms with van der Waals surface area (Å²) in [6.45, 7) is 1.04. The van der Waals surface area contributed by atoms with Crippen LogP contribution in [0, 0.1) is 11.6 Å². The summed E-state index contributed by atoms with van der Waals surface area (Å²) < 4.78 is 33.3. The van der Waals surface area contributed by atoms with Crippen LogP contribution in [-0.2, 0) is 4.79 Å². The number of nitrogens with two attached hydrogens (primary N) is 1. The number of amides is 1. The number of carbonyl (C=O) groups is 1. The van der Waals surface area contributed by atoms with Gasteiger partial charge in [-0.15, -0.1) is 0 Å². The Morgan fingerprint density at radius 1 is 1.03 bits per heavy atom. The van der Waals surface area contributed by atoms with Crippen LogP contribution in [0.25, 0.3) is 22.3 Å². The van der Waals surface area contributed by atoms with Gasteiger partial charge in [0.1, 0.15) is 22.9 Å². The van der Waals surface area contributed by atoms with Gasteiger partial charge in [0, 0.05) is 29.7 Å². The van der Waals surface area contributed by atoms with Gasteiger partial charge in [-0.05, 0) is 48.5 Å². The zero-order valence-corrected chi connectivity index (χ0v) is 19.0. The van der Waals surface area contributed by atoms with Crippen molar-refractivity contribution in [2.45, 2.75) is 0 Å². The average Bonchev–Trinajstić information content (AvgIpc) is 3.33. The van der Waals surface area contributed by atoms with Crippen LogP contribution in [0.4, 0.5) is 20.5 Å². The molecule has 0 bridgehead atoms. The molecule has 0 spiro atoms. The Morgan fingerprint density at radius 2 is 1.83 bits per heavy atom. The molecule has 5 rings (SSSR count). The Labute approximate surface area is 203 Å². The topological polar surface area (TPSA) is 97.5 Å². The van der Waals surface area contributed by atoms with Crippen molar-refractivity contribution in [2.24, 2.45) is 0 Å². The summed E-state index contributed by atoms with van der Waals surface area (Å²) >= 11 is 5.87. The minimum atomic E-state index is -0.728. The monoisotopic (exact) mass is 496 g/mol. The minimum absolute atomic E-state index is 0.0471.